The highest BCUT2D eigenvalue weighted by atomic mass is 16.6. The molecule has 1 rings (SSSR count). The van der Waals surface area contributed by atoms with Gasteiger partial charge in [0.05, 0.1) is 13.2 Å². The molecular weight excluding hydrogens is 284 g/mol. The summed E-state index contributed by atoms with van der Waals surface area (Å²) in [4.78, 5) is 0. The number of unbranched alkanes of at least 4 members (excludes halogenated alkanes) is 5. The fourth-order valence-electron chi connectivity index (χ4n) is 2.62. The van der Waals surface area contributed by atoms with E-state index in [2.05, 4.69) is 19.1 Å². The molecule has 0 unspecified atom stereocenters. The van der Waals surface area contributed by atoms with E-state index in [9.17, 15) is 10.2 Å². The number of allylic oxidation sites excluding steroid dienone is 2. The highest BCUT2D eigenvalue weighted by molar-refractivity contribution is 4.88. The van der Waals surface area contributed by atoms with E-state index in [1.165, 1.54) is 25.7 Å². The molecular formula is C17H32O5. The fourth-order valence-corrected chi connectivity index (χ4v) is 2.62. The van der Waals surface area contributed by atoms with Gasteiger partial charge in [0.25, 0.3) is 0 Å². The normalized spacial score (nSPS) is 26.8. The molecule has 1 aliphatic heterocycles. The summed E-state index contributed by atoms with van der Waals surface area (Å²) < 4.78 is 10.9. The standard InChI is InChI=1S/C17H32O5/c1-2-3-4-5-6-7-8-9-10-11-21-15-13-22-17(16(15)20)14(19)12-18/h3-4,14-20H,2,5-13H2,1H3/b4-3+/t14-,15+,16+,17+/m1/s1. The van der Waals surface area contributed by atoms with Gasteiger partial charge in [-0.3, -0.25) is 0 Å². The molecule has 0 aromatic heterocycles. The molecule has 3 N–H and O–H groups in total. The van der Waals surface area contributed by atoms with Gasteiger partial charge in [0.15, 0.2) is 0 Å². The maximum absolute atomic E-state index is 9.97. The van der Waals surface area contributed by atoms with Crippen LogP contribution in [0, 0.1) is 0 Å². The minimum atomic E-state index is -1.05. The zero-order chi connectivity index (χ0) is 16.2. The van der Waals surface area contributed by atoms with Gasteiger partial charge in [-0.1, -0.05) is 38.3 Å². The van der Waals surface area contributed by atoms with Gasteiger partial charge in [-0.2, -0.15) is 0 Å². The Hall–Kier alpha value is -0.460. The fraction of sp³-hybridized carbons (Fsp3) is 0.882. The van der Waals surface area contributed by atoms with Crippen LogP contribution in [0.15, 0.2) is 12.2 Å². The Bertz CT molecular complexity index is 295. The maximum atomic E-state index is 9.97. The minimum absolute atomic E-state index is 0.270. The van der Waals surface area contributed by atoms with Crippen molar-refractivity contribution in [2.45, 2.75) is 76.3 Å². The van der Waals surface area contributed by atoms with E-state index in [1.54, 1.807) is 0 Å². The first-order valence-electron chi connectivity index (χ1n) is 8.55. The van der Waals surface area contributed by atoms with E-state index in [1.807, 2.05) is 0 Å². The SMILES string of the molecule is CC/C=C/CCCCCCCO[C@H]1CO[C@@H]([C@H](O)CO)[C@H]1O. The lowest BCUT2D eigenvalue weighted by Crippen LogP contribution is -2.41. The second kappa shape index (κ2) is 12.0. The van der Waals surface area contributed by atoms with Crippen molar-refractivity contribution in [3.8, 4) is 0 Å². The van der Waals surface area contributed by atoms with Crippen LogP contribution in [0.3, 0.4) is 0 Å². The number of hydrogen-bond donors (Lipinski definition) is 3. The lowest BCUT2D eigenvalue weighted by molar-refractivity contribution is -0.0730. The second-order valence-corrected chi connectivity index (χ2v) is 5.88. The van der Waals surface area contributed by atoms with E-state index in [-0.39, 0.29) is 6.61 Å². The predicted octanol–water partition coefficient (Wildman–Crippen LogP) is 1.79. The molecule has 1 saturated heterocycles. The lowest BCUT2D eigenvalue weighted by atomic mass is 10.1. The molecule has 22 heavy (non-hydrogen) atoms. The lowest BCUT2D eigenvalue weighted by Gasteiger charge is -2.20. The van der Waals surface area contributed by atoms with Crippen molar-refractivity contribution in [1.29, 1.82) is 0 Å². The topological polar surface area (TPSA) is 79.2 Å². The van der Waals surface area contributed by atoms with Gasteiger partial charge in [0.1, 0.15) is 24.4 Å². The summed E-state index contributed by atoms with van der Waals surface area (Å²) in [5, 5.41) is 28.3. The van der Waals surface area contributed by atoms with Gasteiger partial charge in [0, 0.05) is 6.61 Å². The van der Waals surface area contributed by atoms with Crippen LogP contribution in [-0.2, 0) is 9.47 Å². The average molecular weight is 316 g/mol. The molecule has 0 saturated carbocycles. The molecule has 0 spiro atoms. The van der Waals surface area contributed by atoms with Crippen molar-refractivity contribution in [3.63, 3.8) is 0 Å². The Morgan fingerprint density at radius 2 is 1.91 bits per heavy atom. The number of aliphatic hydroxyl groups is 3. The van der Waals surface area contributed by atoms with E-state index in [0.29, 0.717) is 6.61 Å². The molecule has 0 amide bonds. The zero-order valence-corrected chi connectivity index (χ0v) is 13.7. The molecule has 5 heteroatoms. The number of rotatable bonds is 12. The molecule has 0 aromatic rings. The van der Waals surface area contributed by atoms with Gasteiger partial charge in [0.2, 0.25) is 0 Å². The van der Waals surface area contributed by atoms with Crippen LogP contribution in [-0.4, -0.2) is 59.6 Å². The second-order valence-electron chi connectivity index (χ2n) is 5.88. The van der Waals surface area contributed by atoms with Crippen molar-refractivity contribution < 1.29 is 24.8 Å². The molecule has 1 heterocycles. The monoisotopic (exact) mass is 316 g/mol. The third-order valence-corrected chi connectivity index (χ3v) is 3.99. The van der Waals surface area contributed by atoms with Gasteiger partial charge in [-0.25, -0.2) is 0 Å². The Balaban J connectivity index is 1.98. The van der Waals surface area contributed by atoms with E-state index in [4.69, 9.17) is 14.6 Å². The van der Waals surface area contributed by atoms with Crippen LogP contribution in [0.2, 0.25) is 0 Å². The van der Waals surface area contributed by atoms with Crippen molar-refractivity contribution >= 4 is 0 Å². The first-order chi connectivity index (χ1) is 10.7. The smallest absolute Gasteiger partial charge is 0.114 e. The number of ether oxygens (including phenoxy) is 2. The molecule has 130 valence electrons. The third kappa shape index (κ3) is 7.20. The molecule has 5 nitrogen and oxygen atoms in total. The Kier molecular flexibility index (Phi) is 10.7. The van der Waals surface area contributed by atoms with Crippen molar-refractivity contribution in [1.82, 2.24) is 0 Å². The Labute approximate surface area is 133 Å². The summed E-state index contributed by atoms with van der Waals surface area (Å²) in [6, 6.07) is 0. The minimum Gasteiger partial charge on any atom is -0.394 e. The highest BCUT2D eigenvalue weighted by Crippen LogP contribution is 2.20. The highest BCUT2D eigenvalue weighted by Gasteiger charge is 2.40. The number of aliphatic hydroxyl groups excluding tert-OH is 3. The summed E-state index contributed by atoms with van der Waals surface area (Å²) in [5.41, 5.74) is 0. The van der Waals surface area contributed by atoms with Crippen LogP contribution in [0.25, 0.3) is 0 Å². The molecule has 1 aliphatic rings. The molecule has 4 atom stereocenters. The molecule has 0 radical (unpaired) electrons. The van der Waals surface area contributed by atoms with Crippen molar-refractivity contribution in [3.05, 3.63) is 12.2 Å². The van der Waals surface area contributed by atoms with E-state index in [0.717, 1.165) is 19.3 Å². The Morgan fingerprint density at radius 3 is 2.64 bits per heavy atom. The van der Waals surface area contributed by atoms with Gasteiger partial charge in [-0.15, -0.1) is 0 Å². The van der Waals surface area contributed by atoms with Crippen LogP contribution in [0.1, 0.15) is 51.9 Å². The molecule has 0 bridgehead atoms. The van der Waals surface area contributed by atoms with Gasteiger partial charge >= 0.3 is 0 Å². The maximum Gasteiger partial charge on any atom is 0.114 e. The van der Waals surface area contributed by atoms with Gasteiger partial charge in [-0.05, 0) is 25.7 Å². The first-order valence-corrected chi connectivity index (χ1v) is 8.55. The number of hydrogen-bond acceptors (Lipinski definition) is 5. The van der Waals surface area contributed by atoms with Crippen LogP contribution in [0.4, 0.5) is 0 Å². The quantitative estimate of drug-likeness (QED) is 0.378. The largest absolute Gasteiger partial charge is 0.394 e. The predicted molar refractivity (Wildman–Crippen MR) is 85.7 cm³/mol. The molecule has 0 aromatic carbocycles. The summed E-state index contributed by atoms with van der Waals surface area (Å²) >= 11 is 0. The van der Waals surface area contributed by atoms with Crippen LogP contribution >= 0.6 is 0 Å². The van der Waals surface area contributed by atoms with E-state index < -0.39 is 31.0 Å². The molecule has 1 fully saturated rings. The molecule has 0 aliphatic carbocycles. The summed E-state index contributed by atoms with van der Waals surface area (Å²) in [6.07, 6.45) is 9.49. The summed E-state index contributed by atoms with van der Waals surface area (Å²) in [5.74, 6) is 0. The first kappa shape index (κ1) is 19.6. The van der Waals surface area contributed by atoms with Crippen molar-refractivity contribution in [2.75, 3.05) is 19.8 Å². The van der Waals surface area contributed by atoms with Crippen LogP contribution < -0.4 is 0 Å². The van der Waals surface area contributed by atoms with Crippen molar-refractivity contribution in [2.24, 2.45) is 0 Å². The third-order valence-electron chi connectivity index (χ3n) is 3.99. The zero-order valence-electron chi connectivity index (χ0n) is 13.7. The summed E-state index contributed by atoms with van der Waals surface area (Å²) in [7, 11) is 0. The van der Waals surface area contributed by atoms with Gasteiger partial charge < -0.3 is 24.8 Å². The Morgan fingerprint density at radius 1 is 1.18 bits per heavy atom. The van der Waals surface area contributed by atoms with E-state index >= 15 is 0 Å². The summed E-state index contributed by atoms with van der Waals surface area (Å²) in [6.45, 7) is 2.60. The average Bonchev–Trinajstić information content (AvgIpc) is 2.89. The van der Waals surface area contributed by atoms with Crippen LogP contribution in [0.5, 0.6) is 0 Å².